The third kappa shape index (κ3) is 5.12. The minimum atomic E-state index is -0.186. The van der Waals surface area contributed by atoms with Crippen LogP contribution in [0.2, 0.25) is 0 Å². The molecule has 0 aliphatic carbocycles. The first-order valence-corrected chi connectivity index (χ1v) is 9.83. The number of hydrogen-bond acceptors (Lipinski definition) is 8. The number of hydrogen-bond donors (Lipinski definition) is 1. The average Bonchev–Trinajstić information content (AvgIpc) is 3.23. The molecule has 3 aromatic rings. The Morgan fingerprint density at radius 1 is 1.15 bits per heavy atom. The third-order valence-electron chi connectivity index (χ3n) is 3.29. The van der Waals surface area contributed by atoms with E-state index < -0.39 is 0 Å². The molecule has 0 bridgehead atoms. The molecule has 0 spiro atoms. The highest BCUT2D eigenvalue weighted by Crippen LogP contribution is 2.28. The number of rotatable bonds is 6. The number of carbonyl (C=O) groups is 1. The van der Waals surface area contributed by atoms with E-state index in [9.17, 15) is 4.79 Å². The molecular weight excluding hydrogens is 370 g/mol. The van der Waals surface area contributed by atoms with Gasteiger partial charge in [-0.2, -0.15) is 0 Å². The molecule has 0 unspecified atom stereocenters. The quantitative estimate of drug-likeness (QED) is 0.644. The van der Waals surface area contributed by atoms with Crippen molar-refractivity contribution in [2.45, 2.75) is 37.8 Å². The van der Waals surface area contributed by atoms with E-state index in [4.69, 9.17) is 4.42 Å². The van der Waals surface area contributed by atoms with Gasteiger partial charge in [0, 0.05) is 5.41 Å². The first kappa shape index (κ1) is 18.5. The van der Waals surface area contributed by atoms with Gasteiger partial charge in [-0.1, -0.05) is 74.2 Å². The Labute approximate surface area is 159 Å². The average molecular weight is 390 g/mol. The predicted molar refractivity (Wildman–Crippen MR) is 102 cm³/mol. The monoisotopic (exact) mass is 389 g/mol. The second kappa shape index (κ2) is 7.96. The van der Waals surface area contributed by atoms with Crippen LogP contribution in [0.5, 0.6) is 0 Å². The molecule has 0 saturated heterocycles. The number of benzene rings is 1. The van der Waals surface area contributed by atoms with E-state index in [0.29, 0.717) is 22.7 Å². The van der Waals surface area contributed by atoms with Gasteiger partial charge in [-0.3, -0.25) is 10.1 Å². The maximum Gasteiger partial charge on any atom is 0.277 e. The van der Waals surface area contributed by atoms with Crippen LogP contribution < -0.4 is 5.32 Å². The van der Waals surface area contributed by atoms with Crippen molar-refractivity contribution in [3.8, 4) is 0 Å². The summed E-state index contributed by atoms with van der Waals surface area (Å²) in [7, 11) is 0. The maximum atomic E-state index is 12.1. The molecule has 0 aliphatic rings. The van der Waals surface area contributed by atoms with Crippen molar-refractivity contribution in [3.05, 3.63) is 46.8 Å². The Morgan fingerprint density at radius 2 is 1.92 bits per heavy atom. The fraction of sp³-hybridized carbons (Fsp3) is 0.353. The van der Waals surface area contributed by atoms with Crippen LogP contribution in [0.25, 0.3) is 0 Å². The van der Waals surface area contributed by atoms with Gasteiger partial charge in [0.25, 0.3) is 5.22 Å². The van der Waals surface area contributed by atoms with E-state index in [1.54, 1.807) is 0 Å². The Balaban J connectivity index is 1.50. The number of aromatic nitrogens is 4. The molecule has 0 radical (unpaired) electrons. The molecule has 1 aromatic carbocycles. The lowest BCUT2D eigenvalue weighted by Gasteiger charge is -2.12. The van der Waals surface area contributed by atoms with Crippen LogP contribution in [-0.2, 0) is 16.6 Å². The second-order valence-electron chi connectivity index (χ2n) is 6.62. The summed E-state index contributed by atoms with van der Waals surface area (Å²) in [6.07, 6.45) is 0.570. The Bertz CT molecular complexity index is 871. The van der Waals surface area contributed by atoms with Crippen LogP contribution in [0, 0.1) is 0 Å². The van der Waals surface area contributed by atoms with Gasteiger partial charge >= 0.3 is 0 Å². The van der Waals surface area contributed by atoms with E-state index in [1.165, 1.54) is 23.1 Å². The predicted octanol–water partition coefficient (Wildman–Crippen LogP) is 3.54. The molecule has 7 nitrogen and oxygen atoms in total. The van der Waals surface area contributed by atoms with Gasteiger partial charge in [-0.25, -0.2) is 0 Å². The summed E-state index contributed by atoms with van der Waals surface area (Å²) in [6.45, 7) is 6.16. The van der Waals surface area contributed by atoms with Gasteiger partial charge < -0.3 is 4.42 Å². The van der Waals surface area contributed by atoms with Crippen LogP contribution in [0.3, 0.4) is 0 Å². The molecule has 0 atom stereocenters. The molecule has 9 heteroatoms. The Hall–Kier alpha value is -2.26. The molecule has 2 heterocycles. The summed E-state index contributed by atoms with van der Waals surface area (Å²) in [6, 6.07) is 9.88. The van der Waals surface area contributed by atoms with Crippen LogP contribution in [0.15, 0.2) is 40.0 Å². The van der Waals surface area contributed by atoms with Crippen molar-refractivity contribution in [1.82, 2.24) is 20.4 Å². The standard InChI is InChI=1S/C17H19N5O2S2/c1-17(2,3)14-20-21-15(26-14)18-12(23)10-25-16-22-19-13(24-16)9-11-7-5-4-6-8-11/h4-8H,9-10H2,1-3H3,(H,18,21,23). The number of amides is 1. The molecule has 3 rings (SSSR count). The SMILES string of the molecule is CC(C)(C)c1nnc(NC(=O)CSc2nnc(Cc3ccccc3)o2)s1. The molecule has 1 amide bonds. The molecule has 0 aliphatic heterocycles. The fourth-order valence-electron chi connectivity index (χ4n) is 2.00. The van der Waals surface area contributed by atoms with Crippen molar-refractivity contribution < 1.29 is 9.21 Å². The highest BCUT2D eigenvalue weighted by Gasteiger charge is 2.20. The highest BCUT2D eigenvalue weighted by atomic mass is 32.2. The van der Waals surface area contributed by atoms with E-state index in [-0.39, 0.29) is 17.1 Å². The second-order valence-corrected chi connectivity index (χ2v) is 8.53. The Morgan fingerprint density at radius 3 is 2.62 bits per heavy atom. The summed E-state index contributed by atoms with van der Waals surface area (Å²) in [5.74, 6) is 0.504. The maximum absolute atomic E-state index is 12.1. The first-order chi connectivity index (χ1) is 12.4. The zero-order valence-electron chi connectivity index (χ0n) is 14.7. The molecular formula is C17H19N5O2S2. The smallest absolute Gasteiger partial charge is 0.277 e. The minimum Gasteiger partial charge on any atom is -0.416 e. The lowest BCUT2D eigenvalue weighted by Crippen LogP contribution is -2.13. The molecule has 136 valence electrons. The normalized spacial score (nSPS) is 11.5. The van der Waals surface area contributed by atoms with Crippen molar-refractivity contribution in [3.63, 3.8) is 0 Å². The molecule has 0 fully saturated rings. The molecule has 0 saturated carbocycles. The van der Waals surface area contributed by atoms with Gasteiger partial charge in [-0.05, 0) is 5.56 Å². The Kier molecular flexibility index (Phi) is 5.67. The number of carbonyl (C=O) groups excluding carboxylic acids is 1. The van der Waals surface area contributed by atoms with Crippen LogP contribution in [0.4, 0.5) is 5.13 Å². The van der Waals surface area contributed by atoms with E-state index >= 15 is 0 Å². The largest absolute Gasteiger partial charge is 0.416 e. The summed E-state index contributed by atoms with van der Waals surface area (Å²) in [5, 5.41) is 20.6. The van der Waals surface area contributed by atoms with Gasteiger partial charge in [0.05, 0.1) is 12.2 Å². The van der Waals surface area contributed by atoms with Crippen LogP contribution in [0.1, 0.15) is 37.2 Å². The zero-order valence-corrected chi connectivity index (χ0v) is 16.4. The topological polar surface area (TPSA) is 93.8 Å². The van der Waals surface area contributed by atoms with E-state index in [2.05, 4.69) is 46.5 Å². The van der Waals surface area contributed by atoms with Crippen molar-refractivity contribution >= 4 is 34.1 Å². The van der Waals surface area contributed by atoms with Crippen molar-refractivity contribution in [2.75, 3.05) is 11.1 Å². The number of thioether (sulfide) groups is 1. The minimum absolute atomic E-state index is 0.0890. The summed E-state index contributed by atoms with van der Waals surface area (Å²) < 4.78 is 5.57. The number of anilines is 1. The fourth-order valence-corrected chi connectivity index (χ4v) is 3.40. The lowest BCUT2D eigenvalue weighted by atomic mass is 9.98. The molecule has 1 N–H and O–H groups in total. The third-order valence-corrected chi connectivity index (χ3v) is 5.37. The van der Waals surface area contributed by atoms with Crippen molar-refractivity contribution in [1.29, 1.82) is 0 Å². The van der Waals surface area contributed by atoms with Gasteiger partial charge in [0.2, 0.25) is 16.9 Å². The van der Waals surface area contributed by atoms with Crippen LogP contribution >= 0.6 is 23.1 Å². The number of nitrogens with zero attached hydrogens (tertiary/aromatic N) is 4. The zero-order chi connectivity index (χ0) is 18.6. The molecule has 2 aromatic heterocycles. The van der Waals surface area contributed by atoms with Gasteiger partial charge in [0.15, 0.2) is 0 Å². The summed E-state index contributed by atoms with van der Waals surface area (Å²) in [5.41, 5.74) is 1.00. The van der Waals surface area contributed by atoms with Gasteiger partial charge in [-0.15, -0.1) is 20.4 Å². The van der Waals surface area contributed by atoms with E-state index in [0.717, 1.165) is 10.6 Å². The summed E-state index contributed by atoms with van der Waals surface area (Å²) in [4.78, 5) is 12.1. The van der Waals surface area contributed by atoms with E-state index in [1.807, 2.05) is 30.3 Å². The van der Waals surface area contributed by atoms with Crippen molar-refractivity contribution in [2.24, 2.45) is 0 Å². The molecule has 26 heavy (non-hydrogen) atoms. The van der Waals surface area contributed by atoms with Gasteiger partial charge in [0.1, 0.15) is 5.01 Å². The summed E-state index contributed by atoms with van der Waals surface area (Å²) >= 11 is 2.58. The van der Waals surface area contributed by atoms with Crippen LogP contribution in [-0.4, -0.2) is 32.1 Å². The number of nitrogens with one attached hydrogen (secondary N) is 1. The first-order valence-electron chi connectivity index (χ1n) is 8.03. The lowest BCUT2D eigenvalue weighted by molar-refractivity contribution is -0.113. The highest BCUT2D eigenvalue weighted by molar-refractivity contribution is 7.99.